The van der Waals surface area contributed by atoms with Gasteiger partial charge < -0.3 is 59.5 Å². The van der Waals surface area contributed by atoms with Crippen LogP contribution < -0.4 is 0 Å². The van der Waals surface area contributed by atoms with Crippen molar-refractivity contribution in [2.75, 3.05) is 6.61 Å². The Bertz CT molecular complexity index is 1490. The summed E-state index contributed by atoms with van der Waals surface area (Å²) in [6.45, 7) is 21.7. The van der Waals surface area contributed by atoms with Crippen molar-refractivity contribution in [2.24, 2.45) is 29.6 Å². The van der Waals surface area contributed by atoms with Crippen LogP contribution >= 0.6 is 0 Å². The lowest BCUT2D eigenvalue weighted by Gasteiger charge is -2.63. The summed E-state index contributed by atoms with van der Waals surface area (Å²) < 4.78 is 96.0. The first kappa shape index (κ1) is 46.7. The Kier molecular flexibility index (Phi) is 13.4. The molecule has 2 saturated carbocycles. The lowest BCUT2D eigenvalue weighted by molar-refractivity contribution is -0.164. The maximum absolute atomic E-state index is 12.3. The molecular formula is C34H66O17Si8. The lowest BCUT2D eigenvalue weighted by atomic mass is 9.88. The van der Waals surface area contributed by atoms with Gasteiger partial charge in [-0.3, -0.25) is 14.4 Å². The van der Waals surface area contributed by atoms with Crippen LogP contribution in [0, 0.1) is 29.6 Å². The summed E-state index contributed by atoms with van der Waals surface area (Å²) in [5.74, 6) is -0.126. The van der Waals surface area contributed by atoms with Gasteiger partial charge in [0, 0.05) is 53.8 Å². The van der Waals surface area contributed by atoms with Crippen LogP contribution in [0.25, 0.3) is 0 Å². The number of carbonyl (C=O) groups excluding carboxylic acids is 3. The minimum absolute atomic E-state index is 0.0828. The minimum Gasteiger partial charge on any atom is -0.465 e. The molecule has 10 bridgehead atoms. The van der Waals surface area contributed by atoms with Crippen LogP contribution in [0.1, 0.15) is 95.4 Å². The molecule has 7 heterocycles. The monoisotopic (exact) mass is 970 g/mol. The van der Waals surface area contributed by atoms with Gasteiger partial charge in [-0.25, -0.2) is 0 Å². The number of fused-ring (bicyclic) bond motifs is 1. The van der Waals surface area contributed by atoms with E-state index in [1.807, 2.05) is 62.3 Å². The second-order valence-corrected chi connectivity index (χ2v) is 45.3. The summed E-state index contributed by atoms with van der Waals surface area (Å²) in [5.41, 5.74) is 0.549. The van der Waals surface area contributed by atoms with Crippen LogP contribution in [0.5, 0.6) is 0 Å². The molecule has 7 saturated heterocycles. The largest absolute Gasteiger partial charge is 0.479 e. The third-order valence-corrected chi connectivity index (χ3v) is 52.9. The molecule has 0 aromatic rings. The van der Waals surface area contributed by atoms with Crippen molar-refractivity contribution in [3.05, 3.63) is 0 Å². The fourth-order valence-corrected chi connectivity index (χ4v) is 64.5. The summed E-state index contributed by atoms with van der Waals surface area (Å²) in [6.07, 6.45) is 1.94. The van der Waals surface area contributed by atoms with E-state index in [0.29, 0.717) is 72.3 Å². The molecule has 0 aromatic carbocycles. The zero-order valence-electron chi connectivity index (χ0n) is 36.7. The second-order valence-electron chi connectivity index (χ2n) is 17.6. The van der Waals surface area contributed by atoms with E-state index in [-0.39, 0.29) is 54.5 Å². The third-order valence-electron chi connectivity index (χ3n) is 12.8. The van der Waals surface area contributed by atoms with Gasteiger partial charge in [0.15, 0.2) is 0 Å². The fraction of sp³-hybridized carbons (Fsp3) is 0.912. The van der Waals surface area contributed by atoms with E-state index in [2.05, 4.69) is 13.8 Å². The highest BCUT2D eigenvalue weighted by atomic mass is 28.6. The van der Waals surface area contributed by atoms with Crippen LogP contribution in [0.3, 0.4) is 0 Å². The van der Waals surface area contributed by atoms with E-state index in [4.69, 9.17) is 59.5 Å². The van der Waals surface area contributed by atoms with E-state index in [1.165, 1.54) is 0 Å². The van der Waals surface area contributed by atoms with Crippen LogP contribution in [0.4, 0.5) is 0 Å². The maximum atomic E-state index is 12.3. The highest BCUT2D eigenvalue weighted by Crippen LogP contribution is 2.56. The lowest BCUT2D eigenvalue weighted by Crippen LogP contribution is -2.87. The SMILES string of the molecule is CC(C)C(=O)OC1C2CC3C(=O)OC1C3C2.CC[Si]12C[Si]3(CC)O[Si]4(CC)O[Si](CC)(O1)O[Si]1(CC)O[Si](CC)(O2)O[Si](CC)(O3)O[Si](CCCOC(=O)C(C)C)(O4)O1. The number of carbonyl (C=O) groups is 3. The Labute approximate surface area is 358 Å². The summed E-state index contributed by atoms with van der Waals surface area (Å²) >= 11 is 0. The van der Waals surface area contributed by atoms with E-state index < -0.39 is 69.9 Å². The molecule has 9 fully saturated rings. The molecule has 25 heteroatoms. The van der Waals surface area contributed by atoms with Gasteiger partial charge in [0.05, 0.1) is 24.4 Å². The van der Waals surface area contributed by atoms with Crippen molar-refractivity contribution in [2.45, 2.75) is 162 Å². The molecule has 0 radical (unpaired) electrons. The summed E-state index contributed by atoms with van der Waals surface area (Å²) in [7, 11) is -27.9. The number of ether oxygens (including phenoxy) is 3. The number of esters is 3. The molecule has 9 atom stereocenters. The molecule has 17 nitrogen and oxygen atoms in total. The molecule has 0 amide bonds. The fourth-order valence-electron chi connectivity index (χ4n) is 9.50. The Morgan fingerprint density at radius 2 is 1.02 bits per heavy atom. The molecule has 0 aromatic heterocycles. The predicted octanol–water partition coefficient (Wildman–Crippen LogP) is 6.16. The molecule has 9 rings (SSSR count). The zero-order chi connectivity index (χ0) is 42.9. The third kappa shape index (κ3) is 8.55. The van der Waals surface area contributed by atoms with E-state index in [1.54, 1.807) is 0 Å². The Morgan fingerprint density at radius 1 is 0.593 bits per heavy atom. The van der Waals surface area contributed by atoms with Gasteiger partial charge in [-0.15, -0.1) is 0 Å². The van der Waals surface area contributed by atoms with Crippen LogP contribution in [-0.4, -0.2) is 107 Å². The quantitative estimate of drug-likeness (QED) is 0.0835. The van der Waals surface area contributed by atoms with Crippen molar-refractivity contribution < 1.29 is 73.9 Å². The summed E-state index contributed by atoms with van der Waals surface area (Å²) in [4.78, 5) is 35.3. The molecule has 59 heavy (non-hydrogen) atoms. The first-order valence-corrected chi connectivity index (χ1v) is 38.2. The molecule has 0 spiro atoms. The van der Waals surface area contributed by atoms with Gasteiger partial charge in [-0.1, -0.05) is 76.2 Å². The predicted molar refractivity (Wildman–Crippen MR) is 226 cm³/mol. The van der Waals surface area contributed by atoms with Crippen molar-refractivity contribution in [3.63, 3.8) is 0 Å². The smallest absolute Gasteiger partial charge is 0.465 e. The minimum atomic E-state index is -3.79. The average Bonchev–Trinajstić information content (AvgIpc) is 3.81. The van der Waals surface area contributed by atoms with E-state index in [9.17, 15) is 14.4 Å². The van der Waals surface area contributed by atoms with Gasteiger partial charge >= 0.3 is 87.9 Å². The Hall–Kier alpha value is -0.295. The number of rotatable bonds is 14. The molecule has 7 aliphatic heterocycles. The summed E-state index contributed by atoms with van der Waals surface area (Å²) in [6, 6.07) is 3.96. The van der Waals surface area contributed by atoms with E-state index in [0.717, 1.165) is 12.8 Å². The van der Waals surface area contributed by atoms with Crippen LogP contribution in [0.15, 0.2) is 0 Å². The number of hydrogen-bond donors (Lipinski definition) is 0. The highest BCUT2D eigenvalue weighted by Gasteiger charge is 2.81. The molecule has 2 aliphatic carbocycles. The van der Waals surface area contributed by atoms with Crippen molar-refractivity contribution in [1.29, 1.82) is 0 Å². The van der Waals surface area contributed by atoms with Crippen molar-refractivity contribution >= 4 is 87.9 Å². The molecule has 0 N–H and O–H groups in total. The van der Waals surface area contributed by atoms with Gasteiger partial charge in [0.1, 0.15) is 12.2 Å². The first-order chi connectivity index (χ1) is 27.8. The Morgan fingerprint density at radius 3 is 1.42 bits per heavy atom. The normalized spacial score (nSPS) is 46.3. The zero-order valence-corrected chi connectivity index (χ0v) is 44.7. The first-order valence-electron chi connectivity index (χ1n) is 22.1. The number of hydrogen-bond acceptors (Lipinski definition) is 17. The maximum Gasteiger partial charge on any atom is 0.479 e. The Balaban J connectivity index is 0.000000273. The van der Waals surface area contributed by atoms with Crippen molar-refractivity contribution in [1.82, 2.24) is 0 Å². The van der Waals surface area contributed by atoms with Crippen molar-refractivity contribution in [3.8, 4) is 0 Å². The molecule has 336 valence electrons. The molecule has 9 aliphatic rings. The van der Waals surface area contributed by atoms with Gasteiger partial charge in [0.25, 0.3) is 0 Å². The van der Waals surface area contributed by atoms with Gasteiger partial charge in [-0.05, 0) is 31.4 Å². The van der Waals surface area contributed by atoms with E-state index >= 15 is 0 Å². The van der Waals surface area contributed by atoms with Crippen LogP contribution in [-0.2, 0) is 73.9 Å². The topological polar surface area (TPSA) is 180 Å². The second kappa shape index (κ2) is 16.9. The molecule has 9 unspecified atom stereocenters. The highest BCUT2D eigenvalue weighted by molar-refractivity contribution is 7.06. The average molecular weight is 972 g/mol. The summed E-state index contributed by atoms with van der Waals surface area (Å²) in [5, 5.41) is 0. The van der Waals surface area contributed by atoms with Gasteiger partial charge in [-0.2, -0.15) is 0 Å². The standard InChI is InChI=1S/C22H50O13Si8.C12H16O4/c1-10-36-20-37(11-2)27-40(14-5)29-38(12-3,25-36)31-42(16-7)32-39(13-4,26-36)30-41(15-6,28-37)34-43(33-40,35-42)19-17-18-24-22(23)21(8)9;1-5(2)11(13)15-9-6-3-7-8(4-6)12(14)16-10(7)9/h21H,10-20H2,1-9H3;5-10H,3-4H2,1-2H3. The molecular weight excluding hydrogens is 905 g/mol. The van der Waals surface area contributed by atoms with Crippen LogP contribution in [0.2, 0.25) is 54.0 Å². The van der Waals surface area contributed by atoms with Gasteiger partial charge in [0.2, 0.25) is 0 Å².